The summed E-state index contributed by atoms with van der Waals surface area (Å²) >= 11 is -0.809. The SMILES string of the molecule is CC1=C(C)C(C)=[C]([Zr+2][CH]2C(n3c(C)cc4ccccc43)=Cc3ccccc32)C1.[F-].[F-]. The number of halogens is 2. The van der Waals surface area contributed by atoms with Gasteiger partial charge in [0.2, 0.25) is 0 Å². The minimum absolute atomic E-state index is 0. The molecule has 0 aliphatic heterocycles. The van der Waals surface area contributed by atoms with Crippen LogP contribution in [0.1, 0.15) is 47.6 Å². The van der Waals surface area contributed by atoms with E-state index in [1.54, 1.807) is 20.0 Å². The van der Waals surface area contributed by atoms with Gasteiger partial charge in [0, 0.05) is 0 Å². The summed E-state index contributed by atoms with van der Waals surface area (Å²) in [5.74, 6) is 0. The van der Waals surface area contributed by atoms with Crippen molar-refractivity contribution in [2.24, 2.45) is 0 Å². The van der Waals surface area contributed by atoms with Gasteiger partial charge in [-0.05, 0) is 0 Å². The van der Waals surface area contributed by atoms with Crippen LogP contribution in [0.4, 0.5) is 0 Å². The first-order chi connectivity index (χ1) is 13.5. The topological polar surface area (TPSA) is 4.93 Å². The number of aryl methyl sites for hydroxylation is 1. The van der Waals surface area contributed by atoms with E-state index in [-0.39, 0.29) is 9.41 Å². The summed E-state index contributed by atoms with van der Waals surface area (Å²) in [6.07, 6.45) is 3.67. The van der Waals surface area contributed by atoms with E-state index in [0.717, 1.165) is 0 Å². The molecule has 4 heteroatoms. The van der Waals surface area contributed by atoms with Crippen LogP contribution in [0.15, 0.2) is 74.6 Å². The molecule has 1 aromatic heterocycles. The van der Waals surface area contributed by atoms with E-state index in [0.29, 0.717) is 3.63 Å². The summed E-state index contributed by atoms with van der Waals surface area (Å²) in [6, 6.07) is 20.2. The Balaban J connectivity index is 0.00000128. The molecule has 0 amide bonds. The molecule has 0 N–H and O–H groups in total. The molecular formula is C26H25F2NZr. The number of benzene rings is 2. The van der Waals surface area contributed by atoms with Crippen LogP contribution < -0.4 is 9.41 Å². The van der Waals surface area contributed by atoms with Crippen LogP contribution >= 0.6 is 0 Å². The molecule has 0 radical (unpaired) electrons. The zero-order valence-electron chi connectivity index (χ0n) is 17.8. The van der Waals surface area contributed by atoms with Crippen molar-refractivity contribution < 1.29 is 32.6 Å². The van der Waals surface area contributed by atoms with Gasteiger partial charge in [0.1, 0.15) is 0 Å². The first kappa shape index (κ1) is 22.6. The molecule has 0 spiro atoms. The van der Waals surface area contributed by atoms with Gasteiger partial charge in [-0.1, -0.05) is 0 Å². The van der Waals surface area contributed by atoms with E-state index in [9.17, 15) is 0 Å². The van der Waals surface area contributed by atoms with Gasteiger partial charge in [0.15, 0.2) is 0 Å². The van der Waals surface area contributed by atoms with Gasteiger partial charge >= 0.3 is 180 Å². The van der Waals surface area contributed by atoms with Crippen LogP contribution in [0.3, 0.4) is 0 Å². The Labute approximate surface area is 188 Å². The van der Waals surface area contributed by atoms with Gasteiger partial charge in [-0.15, -0.1) is 0 Å². The number of rotatable bonds is 3. The van der Waals surface area contributed by atoms with Crippen LogP contribution in [0.25, 0.3) is 22.7 Å². The molecule has 2 aliphatic carbocycles. The van der Waals surface area contributed by atoms with Gasteiger partial charge in [-0.25, -0.2) is 0 Å². The fraction of sp³-hybridized carbons (Fsp3) is 0.231. The normalized spacial score (nSPS) is 17.5. The third-order valence-electron chi connectivity index (χ3n) is 6.47. The number of nitrogens with zero attached hydrogens (tertiary/aromatic N) is 1. The molecule has 2 aliphatic rings. The summed E-state index contributed by atoms with van der Waals surface area (Å²) in [5, 5.41) is 1.34. The van der Waals surface area contributed by atoms with Gasteiger partial charge in [-0.3, -0.25) is 0 Å². The first-order valence-corrected chi connectivity index (χ1v) is 12.7. The molecular weight excluding hydrogens is 456 g/mol. The van der Waals surface area contributed by atoms with Crippen LogP contribution in [-0.4, -0.2) is 4.57 Å². The smallest absolute Gasteiger partial charge is 1.00 e. The maximum absolute atomic E-state index is 2.53. The number of aromatic nitrogens is 1. The Hall–Kier alpha value is -2.06. The summed E-state index contributed by atoms with van der Waals surface area (Å²) in [5.41, 5.74) is 11.8. The predicted molar refractivity (Wildman–Crippen MR) is 116 cm³/mol. The Bertz CT molecular complexity index is 1210. The van der Waals surface area contributed by atoms with Crippen LogP contribution in [0.2, 0.25) is 0 Å². The van der Waals surface area contributed by atoms with E-state index in [1.165, 1.54) is 39.9 Å². The van der Waals surface area contributed by atoms with Crippen LogP contribution in [-0.2, 0) is 23.2 Å². The average Bonchev–Trinajstić information content (AvgIpc) is 3.29. The predicted octanol–water partition coefficient (Wildman–Crippen LogP) is 1.11. The second-order valence-electron chi connectivity index (χ2n) is 8.14. The van der Waals surface area contributed by atoms with Crippen molar-refractivity contribution in [1.82, 2.24) is 4.57 Å². The molecule has 0 saturated carbocycles. The van der Waals surface area contributed by atoms with Gasteiger partial charge in [-0.2, -0.15) is 0 Å². The molecule has 0 saturated heterocycles. The molecule has 2 aromatic carbocycles. The third-order valence-corrected chi connectivity index (χ3v) is 10.9. The minimum atomic E-state index is -0.809. The van der Waals surface area contributed by atoms with Crippen LogP contribution in [0, 0.1) is 6.92 Å². The molecule has 3 aromatic rings. The van der Waals surface area contributed by atoms with Crippen molar-refractivity contribution in [2.75, 3.05) is 0 Å². The Morgan fingerprint density at radius 3 is 2.30 bits per heavy atom. The van der Waals surface area contributed by atoms with Crippen molar-refractivity contribution in [3.8, 4) is 0 Å². The first-order valence-electron chi connectivity index (χ1n) is 10.1. The Kier molecular flexibility index (Phi) is 6.48. The molecule has 1 nitrogen and oxygen atoms in total. The molecule has 1 unspecified atom stereocenters. The molecule has 1 atom stereocenters. The maximum Gasteiger partial charge on any atom is -1.00 e. The maximum atomic E-state index is 2.53. The van der Waals surface area contributed by atoms with Crippen molar-refractivity contribution in [3.05, 3.63) is 91.4 Å². The van der Waals surface area contributed by atoms with Crippen molar-refractivity contribution in [2.45, 2.75) is 37.7 Å². The molecule has 0 fully saturated rings. The quantitative estimate of drug-likeness (QED) is 0.529. The van der Waals surface area contributed by atoms with Gasteiger partial charge in [0.25, 0.3) is 0 Å². The van der Waals surface area contributed by atoms with Gasteiger partial charge in [0.05, 0.1) is 0 Å². The zero-order chi connectivity index (χ0) is 19.4. The number of fused-ring (bicyclic) bond motifs is 2. The zero-order valence-corrected chi connectivity index (χ0v) is 20.2. The fourth-order valence-corrected chi connectivity index (χ4v) is 9.36. The van der Waals surface area contributed by atoms with Crippen molar-refractivity contribution >= 4 is 22.7 Å². The van der Waals surface area contributed by atoms with E-state index in [2.05, 4.69) is 92.9 Å². The monoisotopic (exact) mass is 479 g/mol. The summed E-state index contributed by atoms with van der Waals surface area (Å²) in [4.78, 5) is 0. The number of para-hydroxylation sites is 1. The van der Waals surface area contributed by atoms with Crippen molar-refractivity contribution in [3.63, 3.8) is 0 Å². The largest absolute Gasteiger partial charge is 1.00 e. The standard InChI is InChI=1S/C18H14N.C8H11.2FH.Zr/c1-13-10-16-8-4-5-9-18(16)19(13)17-11-14-6-2-3-7-15(14)12-17;1-6-4-5-7(2)8(6)3;;;/h2-12H,1H3;4H2,1-3H3;2*1H;/q;;;;+2/p-2. The molecule has 5 rings (SSSR count). The van der Waals surface area contributed by atoms with E-state index in [1.807, 2.05) is 0 Å². The number of hydrogen-bond donors (Lipinski definition) is 0. The number of hydrogen-bond acceptors (Lipinski definition) is 0. The van der Waals surface area contributed by atoms with E-state index < -0.39 is 23.2 Å². The summed E-state index contributed by atoms with van der Waals surface area (Å²) < 4.78 is 4.89. The Morgan fingerprint density at radius 1 is 0.867 bits per heavy atom. The third kappa shape index (κ3) is 3.50. The minimum Gasteiger partial charge on any atom is -1.00 e. The molecule has 30 heavy (non-hydrogen) atoms. The van der Waals surface area contributed by atoms with Crippen LogP contribution in [0.5, 0.6) is 0 Å². The molecule has 0 bridgehead atoms. The van der Waals surface area contributed by atoms with Gasteiger partial charge < -0.3 is 9.41 Å². The molecule has 1 heterocycles. The Morgan fingerprint density at radius 2 is 1.57 bits per heavy atom. The van der Waals surface area contributed by atoms with Crippen molar-refractivity contribution in [1.29, 1.82) is 0 Å². The second kappa shape index (κ2) is 8.59. The fourth-order valence-electron chi connectivity index (χ4n) is 4.70. The summed E-state index contributed by atoms with van der Waals surface area (Å²) in [6.45, 7) is 9.22. The summed E-state index contributed by atoms with van der Waals surface area (Å²) in [7, 11) is 0. The molecule has 152 valence electrons. The van der Waals surface area contributed by atoms with E-state index in [4.69, 9.17) is 0 Å². The second-order valence-corrected chi connectivity index (χ2v) is 11.8. The van der Waals surface area contributed by atoms with E-state index >= 15 is 0 Å². The average molecular weight is 481 g/mol. The number of allylic oxidation sites excluding steroid dienone is 5.